The van der Waals surface area contributed by atoms with Crippen LogP contribution in [0, 0.1) is 15.9 Å². The van der Waals surface area contributed by atoms with Crippen molar-refractivity contribution in [3.8, 4) is 0 Å². The van der Waals surface area contributed by atoms with Crippen LogP contribution in [0.4, 0.5) is 15.8 Å². The molecule has 0 saturated heterocycles. The number of nitro groups is 1. The van der Waals surface area contributed by atoms with E-state index in [4.69, 9.17) is 11.6 Å². The van der Waals surface area contributed by atoms with Crippen molar-refractivity contribution in [1.82, 2.24) is 0 Å². The van der Waals surface area contributed by atoms with E-state index in [1.54, 1.807) is 18.2 Å². The highest BCUT2D eigenvalue weighted by Gasteiger charge is 2.12. The molecule has 0 aliphatic heterocycles. The molecule has 0 aliphatic rings. The number of rotatable bonds is 4. The fourth-order valence-electron chi connectivity index (χ4n) is 1.67. The van der Waals surface area contributed by atoms with Crippen molar-refractivity contribution >= 4 is 38.9 Å². The first-order chi connectivity index (χ1) is 9.45. The van der Waals surface area contributed by atoms with Crippen molar-refractivity contribution in [2.75, 3.05) is 5.32 Å². The molecule has 2 aromatic carbocycles. The maximum atomic E-state index is 13.2. The third-order valence-corrected chi connectivity index (χ3v) is 3.46. The van der Waals surface area contributed by atoms with Crippen LogP contribution in [-0.4, -0.2) is 4.92 Å². The Labute approximate surface area is 127 Å². The smallest absolute Gasteiger partial charge is 0.283 e. The van der Waals surface area contributed by atoms with Gasteiger partial charge in [0.25, 0.3) is 5.69 Å². The second kappa shape index (κ2) is 6.19. The first kappa shape index (κ1) is 14.7. The fraction of sp³-hybridized carbons (Fsp3) is 0.0769. The summed E-state index contributed by atoms with van der Waals surface area (Å²) in [7, 11) is 0. The van der Waals surface area contributed by atoms with Crippen LogP contribution in [0.25, 0.3) is 0 Å². The molecular weight excluding hydrogens is 351 g/mol. The molecule has 0 amide bonds. The van der Waals surface area contributed by atoms with Gasteiger partial charge in [-0.2, -0.15) is 0 Å². The Hall–Kier alpha value is -1.66. The number of nitrogens with one attached hydrogen (secondary N) is 1. The highest BCUT2D eigenvalue weighted by Crippen LogP contribution is 2.26. The Morgan fingerprint density at radius 2 is 2.05 bits per heavy atom. The molecular formula is C13H9BrClFN2O2. The summed E-state index contributed by atoms with van der Waals surface area (Å²) in [5.74, 6) is -0.443. The number of halogens is 3. The lowest BCUT2D eigenvalue weighted by molar-refractivity contribution is -0.385. The van der Waals surface area contributed by atoms with Gasteiger partial charge < -0.3 is 5.32 Å². The van der Waals surface area contributed by atoms with Gasteiger partial charge in [-0.05, 0) is 45.8 Å². The third kappa shape index (κ3) is 3.68. The molecule has 0 spiro atoms. The number of anilines is 1. The van der Waals surface area contributed by atoms with Gasteiger partial charge in [-0.15, -0.1) is 0 Å². The second-order valence-corrected chi connectivity index (χ2v) is 5.35. The quantitative estimate of drug-likeness (QED) is 0.632. The van der Waals surface area contributed by atoms with Crippen LogP contribution in [0.3, 0.4) is 0 Å². The lowest BCUT2D eigenvalue weighted by atomic mass is 10.2. The largest absolute Gasteiger partial charge is 0.381 e. The van der Waals surface area contributed by atoms with Crippen LogP contribution in [0.2, 0.25) is 5.02 Å². The predicted molar refractivity (Wildman–Crippen MR) is 79.5 cm³/mol. The molecule has 0 fully saturated rings. The minimum Gasteiger partial charge on any atom is -0.381 e. The van der Waals surface area contributed by atoms with Gasteiger partial charge in [0.1, 0.15) is 5.82 Å². The number of hydrogen-bond acceptors (Lipinski definition) is 3. The molecule has 0 atom stereocenters. The van der Waals surface area contributed by atoms with Crippen LogP contribution in [-0.2, 0) is 6.54 Å². The standard InChI is InChI=1S/C13H9BrClFN2O2/c14-12-2-1-8(3-13(12)18(19)20)7-17-11-5-9(15)4-10(16)6-11/h1-6,17H,7H2. The van der Waals surface area contributed by atoms with E-state index < -0.39 is 10.7 Å². The zero-order valence-electron chi connectivity index (χ0n) is 10.1. The van der Waals surface area contributed by atoms with Gasteiger partial charge >= 0.3 is 0 Å². The highest BCUT2D eigenvalue weighted by molar-refractivity contribution is 9.10. The van der Waals surface area contributed by atoms with Crippen molar-refractivity contribution in [2.45, 2.75) is 6.54 Å². The summed E-state index contributed by atoms with van der Waals surface area (Å²) in [6.07, 6.45) is 0. The molecule has 104 valence electrons. The van der Waals surface area contributed by atoms with Gasteiger partial charge in [0.15, 0.2) is 0 Å². The Kier molecular flexibility index (Phi) is 4.57. The van der Waals surface area contributed by atoms with E-state index in [-0.39, 0.29) is 10.7 Å². The fourth-order valence-corrected chi connectivity index (χ4v) is 2.28. The van der Waals surface area contributed by atoms with E-state index >= 15 is 0 Å². The summed E-state index contributed by atoms with van der Waals surface area (Å²) in [5.41, 5.74) is 1.21. The van der Waals surface area contributed by atoms with Crippen molar-refractivity contribution < 1.29 is 9.31 Å². The zero-order valence-corrected chi connectivity index (χ0v) is 12.4. The molecule has 4 nitrogen and oxygen atoms in total. The molecule has 7 heteroatoms. The highest BCUT2D eigenvalue weighted by atomic mass is 79.9. The Morgan fingerprint density at radius 3 is 2.70 bits per heavy atom. The second-order valence-electron chi connectivity index (χ2n) is 4.05. The predicted octanol–water partition coefficient (Wildman–Crippen LogP) is 4.76. The van der Waals surface area contributed by atoms with E-state index in [9.17, 15) is 14.5 Å². The van der Waals surface area contributed by atoms with Gasteiger partial charge in [0.05, 0.1) is 9.40 Å². The van der Waals surface area contributed by atoms with E-state index in [1.165, 1.54) is 18.2 Å². The van der Waals surface area contributed by atoms with Crippen LogP contribution in [0.5, 0.6) is 0 Å². The normalized spacial score (nSPS) is 10.3. The maximum Gasteiger partial charge on any atom is 0.283 e. The summed E-state index contributed by atoms with van der Waals surface area (Å²) < 4.78 is 13.6. The minimum atomic E-state index is -0.466. The minimum absolute atomic E-state index is 0.0124. The van der Waals surface area contributed by atoms with Crippen LogP contribution in [0.1, 0.15) is 5.56 Å². The first-order valence-corrected chi connectivity index (χ1v) is 6.75. The third-order valence-electron chi connectivity index (χ3n) is 2.57. The summed E-state index contributed by atoms with van der Waals surface area (Å²) in [6, 6.07) is 8.89. The molecule has 0 heterocycles. The average Bonchev–Trinajstić information content (AvgIpc) is 2.36. The summed E-state index contributed by atoms with van der Waals surface area (Å²) in [6.45, 7) is 0.327. The SMILES string of the molecule is O=[N+]([O-])c1cc(CNc2cc(F)cc(Cl)c2)ccc1Br. The van der Waals surface area contributed by atoms with Crippen molar-refractivity contribution in [3.63, 3.8) is 0 Å². The van der Waals surface area contributed by atoms with Crippen molar-refractivity contribution in [2.24, 2.45) is 0 Å². The molecule has 1 N–H and O–H groups in total. The van der Waals surface area contributed by atoms with E-state index in [1.807, 2.05) is 0 Å². The van der Waals surface area contributed by atoms with Gasteiger partial charge in [-0.1, -0.05) is 17.7 Å². The number of nitrogens with zero attached hydrogens (tertiary/aromatic N) is 1. The Bertz CT molecular complexity index is 647. The van der Waals surface area contributed by atoms with E-state index in [0.29, 0.717) is 22.3 Å². The van der Waals surface area contributed by atoms with Gasteiger partial charge in [0, 0.05) is 23.3 Å². The molecule has 0 aromatic heterocycles. The maximum absolute atomic E-state index is 13.2. The Morgan fingerprint density at radius 1 is 1.30 bits per heavy atom. The number of benzene rings is 2. The summed E-state index contributed by atoms with van der Waals surface area (Å²) >= 11 is 8.86. The lowest BCUT2D eigenvalue weighted by Gasteiger charge is -2.07. The lowest BCUT2D eigenvalue weighted by Crippen LogP contribution is -2.01. The molecule has 0 radical (unpaired) electrons. The molecule has 0 saturated carbocycles. The number of hydrogen-bond donors (Lipinski definition) is 1. The molecule has 0 aliphatic carbocycles. The molecule has 0 unspecified atom stereocenters. The molecule has 0 bridgehead atoms. The van der Waals surface area contributed by atoms with Crippen LogP contribution in [0.15, 0.2) is 40.9 Å². The summed E-state index contributed by atoms with van der Waals surface area (Å²) in [5, 5.41) is 14.1. The van der Waals surface area contributed by atoms with Crippen molar-refractivity contribution in [3.05, 3.63) is 67.4 Å². The summed E-state index contributed by atoms with van der Waals surface area (Å²) in [4.78, 5) is 10.4. The monoisotopic (exact) mass is 358 g/mol. The molecule has 2 rings (SSSR count). The zero-order chi connectivity index (χ0) is 14.7. The van der Waals surface area contributed by atoms with Crippen molar-refractivity contribution in [1.29, 1.82) is 0 Å². The van der Waals surface area contributed by atoms with E-state index in [0.717, 1.165) is 0 Å². The van der Waals surface area contributed by atoms with Crippen LogP contribution < -0.4 is 5.32 Å². The number of nitro benzene ring substituents is 1. The van der Waals surface area contributed by atoms with Crippen LogP contribution >= 0.6 is 27.5 Å². The average molecular weight is 360 g/mol. The molecule has 2 aromatic rings. The van der Waals surface area contributed by atoms with Gasteiger partial charge in [-0.25, -0.2) is 4.39 Å². The van der Waals surface area contributed by atoms with Gasteiger partial charge in [-0.3, -0.25) is 10.1 Å². The first-order valence-electron chi connectivity index (χ1n) is 5.58. The molecule has 20 heavy (non-hydrogen) atoms. The van der Waals surface area contributed by atoms with E-state index in [2.05, 4.69) is 21.2 Å². The Balaban J connectivity index is 2.14. The van der Waals surface area contributed by atoms with Gasteiger partial charge in [0.2, 0.25) is 0 Å². The topological polar surface area (TPSA) is 55.2 Å².